The van der Waals surface area contributed by atoms with Gasteiger partial charge in [-0.3, -0.25) is 14.7 Å². The first-order valence-electron chi connectivity index (χ1n) is 11.6. The number of halogens is 1. The lowest BCUT2D eigenvalue weighted by Crippen LogP contribution is -2.50. The largest absolute Gasteiger partial charge is 0.374 e. The highest BCUT2D eigenvalue weighted by Gasteiger charge is 2.29. The summed E-state index contributed by atoms with van der Waals surface area (Å²) in [6, 6.07) is 10.4. The molecule has 1 amide bonds. The Morgan fingerprint density at radius 3 is 2.66 bits per heavy atom. The number of carbonyl (C=O) groups is 1. The van der Waals surface area contributed by atoms with Crippen LogP contribution in [0.4, 0.5) is 0 Å². The summed E-state index contributed by atoms with van der Waals surface area (Å²) in [6.45, 7) is 11.5. The minimum Gasteiger partial charge on any atom is -0.374 e. The number of nitrogens with one attached hydrogen (secondary N) is 2. The van der Waals surface area contributed by atoms with Crippen molar-refractivity contribution in [2.75, 3.05) is 59.5 Å². The average molecular weight is 558 g/mol. The highest BCUT2D eigenvalue weighted by Crippen LogP contribution is 2.17. The number of amides is 1. The Hall–Kier alpha value is -1.39. The molecule has 0 spiro atoms. The highest BCUT2D eigenvalue weighted by molar-refractivity contribution is 14.0. The van der Waals surface area contributed by atoms with Gasteiger partial charge >= 0.3 is 0 Å². The van der Waals surface area contributed by atoms with E-state index in [0.29, 0.717) is 18.3 Å². The molecule has 1 aromatic carbocycles. The summed E-state index contributed by atoms with van der Waals surface area (Å²) in [7, 11) is 1.79. The van der Waals surface area contributed by atoms with Crippen LogP contribution in [0.1, 0.15) is 25.8 Å². The first-order chi connectivity index (χ1) is 15.0. The molecule has 0 aliphatic carbocycles. The number of hydrogen-bond donors (Lipinski definition) is 2. The minimum atomic E-state index is 0. The van der Waals surface area contributed by atoms with Gasteiger partial charge in [0, 0.05) is 65.2 Å². The molecule has 0 aromatic heterocycles. The summed E-state index contributed by atoms with van der Waals surface area (Å²) >= 11 is 0. The second-order valence-electron chi connectivity index (χ2n) is 9.13. The maximum atomic E-state index is 12.4. The predicted molar refractivity (Wildman–Crippen MR) is 141 cm³/mol. The van der Waals surface area contributed by atoms with Gasteiger partial charge in [-0.25, -0.2) is 0 Å². The topological polar surface area (TPSA) is 69.2 Å². The summed E-state index contributed by atoms with van der Waals surface area (Å²) in [5, 5.41) is 6.79. The molecule has 2 saturated heterocycles. The molecule has 3 rings (SSSR count). The molecule has 2 heterocycles. The molecule has 0 bridgehead atoms. The van der Waals surface area contributed by atoms with Gasteiger partial charge < -0.3 is 20.3 Å². The number of guanidine groups is 1. The SMILES string of the molecule is CN=C(NCC1CC(=O)N(CCc2ccccc2)C1)NCC1CN(CC(C)C)CCO1.I. The van der Waals surface area contributed by atoms with Crippen molar-refractivity contribution in [2.45, 2.75) is 32.8 Å². The van der Waals surface area contributed by atoms with E-state index in [0.717, 1.165) is 64.8 Å². The second-order valence-corrected chi connectivity index (χ2v) is 9.13. The monoisotopic (exact) mass is 557 g/mol. The fourth-order valence-electron chi connectivity index (χ4n) is 4.37. The Kier molecular flexibility index (Phi) is 11.7. The van der Waals surface area contributed by atoms with Gasteiger partial charge in [0.1, 0.15) is 0 Å². The molecule has 8 heteroatoms. The fraction of sp³-hybridized carbons (Fsp3) is 0.667. The summed E-state index contributed by atoms with van der Waals surface area (Å²) in [5.41, 5.74) is 1.28. The molecular formula is C24H40IN5O2. The highest BCUT2D eigenvalue weighted by atomic mass is 127. The standard InChI is InChI=1S/C24H39N5O2.HI/c1-19(2)16-28-11-12-31-22(18-28)15-27-24(25-3)26-14-21-13-23(30)29(17-21)10-9-20-7-5-4-6-8-20;/h4-8,19,21-22H,9-18H2,1-3H3,(H2,25,26,27);1H. The zero-order valence-electron chi connectivity index (χ0n) is 19.8. The number of hydrogen-bond acceptors (Lipinski definition) is 4. The van der Waals surface area contributed by atoms with Crippen LogP contribution in [-0.4, -0.2) is 87.2 Å². The van der Waals surface area contributed by atoms with Crippen molar-refractivity contribution >= 4 is 35.8 Å². The van der Waals surface area contributed by atoms with Crippen LogP contribution in [0.5, 0.6) is 0 Å². The van der Waals surface area contributed by atoms with Crippen LogP contribution in [0.2, 0.25) is 0 Å². The normalized spacial score (nSPS) is 22.2. The molecule has 32 heavy (non-hydrogen) atoms. The lowest BCUT2D eigenvalue weighted by Gasteiger charge is -2.34. The molecule has 2 N–H and O–H groups in total. The van der Waals surface area contributed by atoms with Crippen molar-refractivity contribution in [3.05, 3.63) is 35.9 Å². The van der Waals surface area contributed by atoms with E-state index < -0.39 is 0 Å². The summed E-state index contributed by atoms with van der Waals surface area (Å²) < 4.78 is 5.92. The number of benzene rings is 1. The van der Waals surface area contributed by atoms with Gasteiger partial charge in [-0.2, -0.15) is 0 Å². The van der Waals surface area contributed by atoms with Crippen molar-refractivity contribution in [3.8, 4) is 0 Å². The molecule has 2 fully saturated rings. The first kappa shape index (κ1) is 26.9. The van der Waals surface area contributed by atoms with Gasteiger partial charge in [-0.15, -0.1) is 24.0 Å². The minimum absolute atomic E-state index is 0. The summed E-state index contributed by atoms with van der Waals surface area (Å²) in [4.78, 5) is 21.2. The van der Waals surface area contributed by atoms with Gasteiger partial charge in [0.2, 0.25) is 5.91 Å². The second kappa shape index (κ2) is 14.0. The smallest absolute Gasteiger partial charge is 0.223 e. The van der Waals surface area contributed by atoms with Crippen LogP contribution >= 0.6 is 24.0 Å². The molecule has 2 aliphatic rings. The molecular weight excluding hydrogens is 517 g/mol. The third-order valence-corrected chi connectivity index (χ3v) is 5.93. The number of morpholine rings is 1. The molecule has 0 saturated carbocycles. The lowest BCUT2D eigenvalue weighted by molar-refractivity contribution is -0.127. The van der Waals surface area contributed by atoms with Crippen molar-refractivity contribution < 1.29 is 9.53 Å². The molecule has 1 aromatic rings. The van der Waals surface area contributed by atoms with E-state index in [2.05, 4.69) is 46.5 Å². The third kappa shape index (κ3) is 8.86. The quantitative estimate of drug-likeness (QED) is 0.277. The molecule has 2 unspecified atom stereocenters. The average Bonchev–Trinajstić information content (AvgIpc) is 3.12. The van der Waals surface area contributed by atoms with Crippen LogP contribution in [-0.2, 0) is 16.0 Å². The van der Waals surface area contributed by atoms with Crippen molar-refractivity contribution in [1.29, 1.82) is 0 Å². The molecule has 2 atom stereocenters. The zero-order chi connectivity index (χ0) is 22.1. The van der Waals surface area contributed by atoms with Crippen LogP contribution in [0, 0.1) is 11.8 Å². The maximum Gasteiger partial charge on any atom is 0.223 e. The van der Waals surface area contributed by atoms with E-state index in [1.165, 1.54) is 5.56 Å². The summed E-state index contributed by atoms with van der Waals surface area (Å²) in [5.74, 6) is 2.02. The van der Waals surface area contributed by atoms with E-state index in [-0.39, 0.29) is 36.0 Å². The number of ether oxygens (including phenoxy) is 1. The Labute approximate surface area is 210 Å². The van der Waals surface area contributed by atoms with Crippen LogP contribution in [0.15, 0.2) is 35.3 Å². The molecule has 2 aliphatic heterocycles. The molecule has 7 nitrogen and oxygen atoms in total. The van der Waals surface area contributed by atoms with Crippen LogP contribution in [0.3, 0.4) is 0 Å². The number of nitrogens with zero attached hydrogens (tertiary/aromatic N) is 3. The predicted octanol–water partition coefficient (Wildman–Crippen LogP) is 2.22. The zero-order valence-corrected chi connectivity index (χ0v) is 22.1. The van der Waals surface area contributed by atoms with E-state index >= 15 is 0 Å². The number of aliphatic imine (C=N–C) groups is 1. The van der Waals surface area contributed by atoms with E-state index in [9.17, 15) is 4.79 Å². The summed E-state index contributed by atoms with van der Waals surface area (Å²) in [6.07, 6.45) is 1.69. The van der Waals surface area contributed by atoms with Gasteiger partial charge in [0.15, 0.2) is 5.96 Å². The third-order valence-electron chi connectivity index (χ3n) is 5.93. The van der Waals surface area contributed by atoms with Crippen molar-refractivity contribution in [3.63, 3.8) is 0 Å². The number of carbonyl (C=O) groups excluding carboxylic acids is 1. The molecule has 180 valence electrons. The Bertz CT molecular complexity index is 716. The maximum absolute atomic E-state index is 12.4. The van der Waals surface area contributed by atoms with Gasteiger partial charge in [0.25, 0.3) is 0 Å². The van der Waals surface area contributed by atoms with E-state index in [1.54, 1.807) is 7.05 Å². The van der Waals surface area contributed by atoms with E-state index in [4.69, 9.17) is 4.74 Å². The Morgan fingerprint density at radius 2 is 1.94 bits per heavy atom. The number of likely N-dealkylation sites (tertiary alicyclic amines) is 1. The van der Waals surface area contributed by atoms with Gasteiger partial charge in [-0.1, -0.05) is 44.2 Å². The van der Waals surface area contributed by atoms with Gasteiger partial charge in [-0.05, 0) is 17.9 Å². The van der Waals surface area contributed by atoms with E-state index in [1.807, 2.05) is 23.1 Å². The van der Waals surface area contributed by atoms with Crippen LogP contribution in [0.25, 0.3) is 0 Å². The Balaban J connectivity index is 0.00000363. The molecule has 0 radical (unpaired) electrons. The lowest BCUT2D eigenvalue weighted by atomic mass is 10.1. The van der Waals surface area contributed by atoms with Crippen molar-refractivity contribution in [2.24, 2.45) is 16.8 Å². The fourth-order valence-corrected chi connectivity index (χ4v) is 4.37. The van der Waals surface area contributed by atoms with Crippen LogP contribution < -0.4 is 10.6 Å². The number of rotatable bonds is 9. The first-order valence-corrected chi connectivity index (χ1v) is 11.6. The Morgan fingerprint density at radius 1 is 1.19 bits per heavy atom. The van der Waals surface area contributed by atoms with Crippen molar-refractivity contribution in [1.82, 2.24) is 20.4 Å². The van der Waals surface area contributed by atoms with Gasteiger partial charge in [0.05, 0.1) is 12.7 Å².